The predicted octanol–water partition coefficient (Wildman–Crippen LogP) is -0.585. The lowest BCUT2D eigenvalue weighted by Crippen LogP contribution is -2.36. The van der Waals surface area contributed by atoms with Crippen molar-refractivity contribution in [2.75, 3.05) is 13.2 Å². The molecule has 5 heteroatoms. The molecule has 0 aromatic rings. The quantitative estimate of drug-likeness (QED) is 0.478. The third-order valence-corrected chi connectivity index (χ3v) is 1.64. The molecule has 5 nitrogen and oxygen atoms in total. The highest BCUT2D eigenvalue weighted by Gasteiger charge is 2.17. The number of rotatable bonds is 4. The lowest BCUT2D eigenvalue weighted by atomic mass is 10.0. The van der Waals surface area contributed by atoms with Crippen molar-refractivity contribution in [2.45, 2.75) is 26.3 Å². The smallest absolute Gasteiger partial charge is 0.320 e. The first-order chi connectivity index (χ1) is 6.01. The standard InChI is InChI=1S/C6H13NO2.C2H6O2/c1-3-4(2)5(7)6(8)9;3-1-2-4/h4-5H,3,7H2,1-2H3,(H,8,9);3-4H,1-2H2/t4-,5-;/m0./s1. The molecule has 0 saturated carbocycles. The SMILES string of the molecule is CC[C@H](C)[C@H](N)C(=O)O.OCCO. The fourth-order valence-corrected chi connectivity index (χ4v) is 0.497. The Labute approximate surface area is 78.2 Å². The number of aliphatic hydroxyl groups is 2. The number of hydrogen-bond donors (Lipinski definition) is 4. The van der Waals surface area contributed by atoms with Gasteiger partial charge in [0, 0.05) is 0 Å². The van der Waals surface area contributed by atoms with Crippen molar-refractivity contribution in [3.8, 4) is 0 Å². The highest BCUT2D eigenvalue weighted by atomic mass is 16.4. The van der Waals surface area contributed by atoms with Gasteiger partial charge in [-0.1, -0.05) is 20.3 Å². The van der Waals surface area contributed by atoms with E-state index < -0.39 is 12.0 Å². The summed E-state index contributed by atoms with van der Waals surface area (Å²) in [6, 6.07) is -0.699. The molecule has 0 fully saturated rings. The molecule has 80 valence electrons. The number of carboxylic acid groups (broad SMARTS) is 1. The molecule has 0 heterocycles. The number of nitrogens with two attached hydrogens (primary N) is 1. The first-order valence-corrected chi connectivity index (χ1v) is 4.21. The number of carboxylic acids is 1. The average Bonchev–Trinajstić information content (AvgIpc) is 2.15. The fraction of sp³-hybridized carbons (Fsp3) is 0.875. The molecule has 0 bridgehead atoms. The minimum absolute atomic E-state index is 0.0718. The van der Waals surface area contributed by atoms with E-state index in [-0.39, 0.29) is 19.1 Å². The molecule has 0 aliphatic rings. The van der Waals surface area contributed by atoms with E-state index in [1.165, 1.54) is 0 Å². The summed E-state index contributed by atoms with van der Waals surface area (Å²) in [4.78, 5) is 10.2. The second-order valence-corrected chi connectivity index (χ2v) is 2.70. The third-order valence-electron chi connectivity index (χ3n) is 1.64. The van der Waals surface area contributed by atoms with Crippen molar-refractivity contribution < 1.29 is 20.1 Å². The Morgan fingerprint density at radius 2 is 1.77 bits per heavy atom. The van der Waals surface area contributed by atoms with Gasteiger partial charge in [0.25, 0.3) is 0 Å². The first-order valence-electron chi connectivity index (χ1n) is 4.21. The number of aliphatic carboxylic acids is 1. The van der Waals surface area contributed by atoms with Gasteiger partial charge in [-0.2, -0.15) is 0 Å². The number of carbonyl (C=O) groups is 1. The summed E-state index contributed by atoms with van der Waals surface area (Å²) in [7, 11) is 0. The zero-order chi connectivity index (χ0) is 10.9. The van der Waals surface area contributed by atoms with Crippen LogP contribution >= 0.6 is 0 Å². The molecular formula is C8H19NO4. The molecule has 5 N–H and O–H groups in total. The van der Waals surface area contributed by atoms with Crippen molar-refractivity contribution in [1.82, 2.24) is 0 Å². The van der Waals surface area contributed by atoms with Gasteiger partial charge in [-0.15, -0.1) is 0 Å². The monoisotopic (exact) mass is 193 g/mol. The minimum atomic E-state index is -0.913. The largest absolute Gasteiger partial charge is 0.480 e. The van der Waals surface area contributed by atoms with E-state index in [0.717, 1.165) is 6.42 Å². The molecular weight excluding hydrogens is 174 g/mol. The Hall–Kier alpha value is -0.650. The molecule has 0 rings (SSSR count). The summed E-state index contributed by atoms with van der Waals surface area (Å²) in [5.41, 5.74) is 5.27. The van der Waals surface area contributed by atoms with Crippen LogP contribution in [0.5, 0.6) is 0 Å². The van der Waals surface area contributed by atoms with Crippen LogP contribution in [0.2, 0.25) is 0 Å². The third kappa shape index (κ3) is 9.26. The van der Waals surface area contributed by atoms with Gasteiger partial charge in [0.2, 0.25) is 0 Å². The van der Waals surface area contributed by atoms with E-state index in [9.17, 15) is 4.79 Å². The molecule has 0 amide bonds. The second kappa shape index (κ2) is 9.44. The van der Waals surface area contributed by atoms with E-state index in [0.29, 0.717) is 0 Å². The fourth-order valence-electron chi connectivity index (χ4n) is 0.497. The van der Waals surface area contributed by atoms with Crippen LogP contribution in [-0.4, -0.2) is 40.5 Å². The summed E-state index contributed by atoms with van der Waals surface area (Å²) in [6.07, 6.45) is 0.813. The molecule has 13 heavy (non-hydrogen) atoms. The highest BCUT2D eigenvalue weighted by molar-refractivity contribution is 5.73. The number of hydrogen-bond acceptors (Lipinski definition) is 4. The van der Waals surface area contributed by atoms with Gasteiger partial charge in [0.1, 0.15) is 6.04 Å². The summed E-state index contributed by atoms with van der Waals surface area (Å²) >= 11 is 0. The van der Waals surface area contributed by atoms with Gasteiger partial charge in [-0.3, -0.25) is 4.79 Å². The Morgan fingerprint density at radius 1 is 1.38 bits per heavy atom. The van der Waals surface area contributed by atoms with Crippen molar-refractivity contribution in [3.05, 3.63) is 0 Å². The van der Waals surface area contributed by atoms with Gasteiger partial charge in [0.05, 0.1) is 13.2 Å². The average molecular weight is 193 g/mol. The van der Waals surface area contributed by atoms with Crippen LogP contribution in [0.3, 0.4) is 0 Å². The van der Waals surface area contributed by atoms with Gasteiger partial charge >= 0.3 is 5.97 Å². The molecule has 0 saturated heterocycles. The van der Waals surface area contributed by atoms with Crippen LogP contribution in [0.1, 0.15) is 20.3 Å². The molecule has 0 radical (unpaired) electrons. The Morgan fingerprint density at radius 3 is 1.85 bits per heavy atom. The molecule has 0 aliphatic carbocycles. The Kier molecular flexibility index (Phi) is 10.8. The molecule has 0 aromatic heterocycles. The zero-order valence-corrected chi connectivity index (χ0v) is 8.10. The summed E-state index contributed by atoms with van der Waals surface area (Å²) in [5, 5.41) is 23.6. The van der Waals surface area contributed by atoms with Crippen LogP contribution in [-0.2, 0) is 4.79 Å². The van der Waals surface area contributed by atoms with Crippen LogP contribution < -0.4 is 5.73 Å². The normalized spacial score (nSPS) is 13.9. The van der Waals surface area contributed by atoms with Gasteiger partial charge in [-0.25, -0.2) is 0 Å². The number of aliphatic hydroxyl groups excluding tert-OH is 2. The van der Waals surface area contributed by atoms with E-state index in [1.54, 1.807) is 0 Å². The van der Waals surface area contributed by atoms with Gasteiger partial charge < -0.3 is 21.1 Å². The summed E-state index contributed by atoms with van der Waals surface area (Å²) < 4.78 is 0. The molecule has 0 aliphatic heterocycles. The molecule has 2 atom stereocenters. The maximum Gasteiger partial charge on any atom is 0.320 e. The lowest BCUT2D eigenvalue weighted by Gasteiger charge is -2.11. The van der Waals surface area contributed by atoms with Crippen LogP contribution in [0.4, 0.5) is 0 Å². The van der Waals surface area contributed by atoms with E-state index in [1.807, 2.05) is 13.8 Å². The summed E-state index contributed by atoms with van der Waals surface area (Å²) in [6.45, 7) is 3.51. The van der Waals surface area contributed by atoms with Crippen molar-refractivity contribution in [2.24, 2.45) is 11.7 Å². The Balaban J connectivity index is 0. The van der Waals surface area contributed by atoms with Crippen LogP contribution in [0, 0.1) is 5.92 Å². The summed E-state index contributed by atoms with van der Waals surface area (Å²) in [5.74, 6) is -0.841. The Bertz CT molecular complexity index is 127. The maximum absolute atomic E-state index is 10.2. The maximum atomic E-state index is 10.2. The van der Waals surface area contributed by atoms with E-state index in [2.05, 4.69) is 0 Å². The topological polar surface area (TPSA) is 104 Å². The van der Waals surface area contributed by atoms with Crippen LogP contribution in [0.15, 0.2) is 0 Å². The first kappa shape index (κ1) is 14.9. The van der Waals surface area contributed by atoms with E-state index in [4.69, 9.17) is 21.1 Å². The lowest BCUT2D eigenvalue weighted by molar-refractivity contribution is -0.139. The minimum Gasteiger partial charge on any atom is -0.480 e. The van der Waals surface area contributed by atoms with E-state index >= 15 is 0 Å². The highest BCUT2D eigenvalue weighted by Crippen LogP contribution is 2.04. The van der Waals surface area contributed by atoms with Crippen molar-refractivity contribution in [1.29, 1.82) is 0 Å². The second-order valence-electron chi connectivity index (χ2n) is 2.70. The van der Waals surface area contributed by atoms with Crippen LogP contribution in [0.25, 0.3) is 0 Å². The molecule has 0 spiro atoms. The van der Waals surface area contributed by atoms with Crippen molar-refractivity contribution >= 4 is 5.97 Å². The van der Waals surface area contributed by atoms with Gasteiger partial charge in [-0.05, 0) is 5.92 Å². The van der Waals surface area contributed by atoms with Crippen molar-refractivity contribution in [3.63, 3.8) is 0 Å². The predicted molar refractivity (Wildman–Crippen MR) is 49.2 cm³/mol. The molecule has 0 unspecified atom stereocenters. The van der Waals surface area contributed by atoms with Gasteiger partial charge in [0.15, 0.2) is 0 Å². The zero-order valence-electron chi connectivity index (χ0n) is 8.10. The molecule has 0 aromatic carbocycles.